The summed E-state index contributed by atoms with van der Waals surface area (Å²) in [6.07, 6.45) is 3.19. The van der Waals surface area contributed by atoms with E-state index in [1.54, 1.807) is 0 Å². The highest BCUT2D eigenvalue weighted by molar-refractivity contribution is 5.84. The van der Waals surface area contributed by atoms with Crippen molar-refractivity contribution in [3.05, 3.63) is 47.3 Å². The fourth-order valence-corrected chi connectivity index (χ4v) is 3.82. The summed E-state index contributed by atoms with van der Waals surface area (Å²) >= 11 is 0. The lowest BCUT2D eigenvalue weighted by atomic mass is 10.0. The maximum absolute atomic E-state index is 13.0. The van der Waals surface area contributed by atoms with Crippen LogP contribution in [-0.2, 0) is 17.6 Å². The predicted molar refractivity (Wildman–Crippen MR) is 125 cm³/mol. The van der Waals surface area contributed by atoms with E-state index < -0.39 is 0 Å². The monoisotopic (exact) mass is 422 g/mol. The third-order valence-electron chi connectivity index (χ3n) is 5.47. The molecule has 0 spiro atoms. The molecule has 3 aromatic rings. The summed E-state index contributed by atoms with van der Waals surface area (Å²) < 4.78 is 7.60. The van der Waals surface area contributed by atoms with Crippen LogP contribution in [0.1, 0.15) is 57.5 Å². The highest BCUT2D eigenvalue weighted by Gasteiger charge is 2.22. The van der Waals surface area contributed by atoms with E-state index in [9.17, 15) is 4.79 Å². The van der Waals surface area contributed by atoms with E-state index in [2.05, 4.69) is 19.9 Å². The third-order valence-corrected chi connectivity index (χ3v) is 5.47. The zero-order chi connectivity index (χ0) is 22.4. The molecule has 3 rings (SSSR count). The molecule has 0 atom stereocenters. The molecule has 6 nitrogen and oxygen atoms in total. The van der Waals surface area contributed by atoms with Crippen molar-refractivity contribution >= 4 is 11.6 Å². The van der Waals surface area contributed by atoms with Gasteiger partial charge in [0.25, 0.3) is 0 Å². The number of amides is 1. The Labute approximate surface area is 185 Å². The summed E-state index contributed by atoms with van der Waals surface area (Å²) in [5.74, 6) is 0.944. The molecule has 0 saturated heterocycles. The minimum absolute atomic E-state index is 0.101. The number of aryl methyl sites for hydroxylation is 2. The van der Waals surface area contributed by atoms with Crippen LogP contribution in [0.5, 0.6) is 5.75 Å². The van der Waals surface area contributed by atoms with Gasteiger partial charge in [0.1, 0.15) is 5.75 Å². The third kappa shape index (κ3) is 5.06. The molecule has 1 amide bonds. The average Bonchev–Trinajstić information content (AvgIpc) is 3.12. The fraction of sp³-hybridized carbons (Fsp3) is 0.480. The van der Waals surface area contributed by atoms with Crippen molar-refractivity contribution in [2.75, 3.05) is 19.7 Å². The van der Waals surface area contributed by atoms with Crippen LogP contribution in [0.4, 0.5) is 0 Å². The zero-order valence-corrected chi connectivity index (χ0v) is 19.4. The van der Waals surface area contributed by atoms with Crippen molar-refractivity contribution in [3.8, 4) is 17.0 Å². The largest absolute Gasteiger partial charge is 0.494 e. The number of hydrogen-bond acceptors (Lipinski definition) is 4. The molecule has 6 heteroatoms. The number of hydrogen-bond donors (Lipinski definition) is 0. The molecule has 0 N–H and O–H groups in total. The van der Waals surface area contributed by atoms with Gasteiger partial charge in [-0.2, -0.15) is 5.10 Å². The van der Waals surface area contributed by atoms with Crippen LogP contribution in [0.15, 0.2) is 30.3 Å². The maximum Gasteiger partial charge on any atom is 0.227 e. The van der Waals surface area contributed by atoms with Crippen LogP contribution in [-0.4, -0.2) is 45.1 Å². The Bertz CT molecular complexity index is 1020. The van der Waals surface area contributed by atoms with Crippen molar-refractivity contribution in [1.82, 2.24) is 19.5 Å². The molecular formula is C25H34N4O2. The van der Waals surface area contributed by atoms with Gasteiger partial charge in [-0.25, -0.2) is 9.50 Å². The quantitative estimate of drug-likeness (QED) is 0.468. The van der Waals surface area contributed by atoms with E-state index in [0.717, 1.165) is 58.9 Å². The number of carbonyl (C=O) groups excluding carboxylic acids is 1. The maximum atomic E-state index is 13.0. The molecule has 0 unspecified atom stereocenters. The standard InChI is InChI=1S/C25H34N4O2/c1-6-10-20-16-18(5)29-25(26-20)22(17-23(30)28(8-3)9-4)24(27-29)19-11-13-21(14-12-19)31-15-7-2/h11-14,16H,6-10,15,17H2,1-5H3. The van der Waals surface area contributed by atoms with E-state index in [1.165, 1.54) is 0 Å². The van der Waals surface area contributed by atoms with Gasteiger partial charge in [-0.15, -0.1) is 0 Å². The average molecular weight is 423 g/mol. The molecular weight excluding hydrogens is 388 g/mol. The van der Waals surface area contributed by atoms with Crippen LogP contribution in [0, 0.1) is 6.92 Å². The lowest BCUT2D eigenvalue weighted by molar-refractivity contribution is -0.130. The molecule has 1 aromatic carbocycles. The molecule has 0 fully saturated rings. The molecule has 0 aliphatic heterocycles. The topological polar surface area (TPSA) is 59.7 Å². The Kier molecular flexibility index (Phi) is 7.66. The molecule has 0 aliphatic rings. The highest BCUT2D eigenvalue weighted by atomic mass is 16.5. The van der Waals surface area contributed by atoms with E-state index in [4.69, 9.17) is 14.8 Å². The second-order valence-corrected chi connectivity index (χ2v) is 7.82. The molecule has 0 aliphatic carbocycles. The summed E-state index contributed by atoms with van der Waals surface area (Å²) in [5.41, 5.74) is 5.52. The minimum Gasteiger partial charge on any atom is -0.494 e. The Morgan fingerprint density at radius 3 is 2.39 bits per heavy atom. The van der Waals surface area contributed by atoms with Gasteiger partial charge >= 0.3 is 0 Å². The predicted octanol–water partition coefficient (Wildman–Crippen LogP) is 4.86. The first-order valence-corrected chi connectivity index (χ1v) is 11.4. The summed E-state index contributed by atoms with van der Waals surface area (Å²) in [7, 11) is 0. The number of aromatic nitrogens is 3. The zero-order valence-electron chi connectivity index (χ0n) is 19.4. The van der Waals surface area contributed by atoms with E-state index >= 15 is 0 Å². The smallest absolute Gasteiger partial charge is 0.227 e. The van der Waals surface area contributed by atoms with E-state index in [0.29, 0.717) is 19.7 Å². The van der Waals surface area contributed by atoms with Crippen molar-refractivity contribution in [2.24, 2.45) is 0 Å². The van der Waals surface area contributed by atoms with E-state index in [-0.39, 0.29) is 12.3 Å². The Morgan fingerprint density at radius 2 is 1.77 bits per heavy atom. The SMILES string of the molecule is CCCOc1ccc(-c2nn3c(C)cc(CCC)nc3c2CC(=O)N(CC)CC)cc1. The van der Waals surface area contributed by atoms with Crippen molar-refractivity contribution in [1.29, 1.82) is 0 Å². The minimum atomic E-state index is 0.101. The van der Waals surface area contributed by atoms with Gasteiger partial charge in [-0.1, -0.05) is 20.3 Å². The molecule has 0 bridgehead atoms. The summed E-state index contributed by atoms with van der Waals surface area (Å²) in [6.45, 7) is 12.4. The molecule has 166 valence electrons. The number of benzene rings is 1. The second kappa shape index (κ2) is 10.4. The highest BCUT2D eigenvalue weighted by Crippen LogP contribution is 2.29. The van der Waals surface area contributed by atoms with Gasteiger partial charge in [-0.3, -0.25) is 4.79 Å². The second-order valence-electron chi connectivity index (χ2n) is 7.82. The fourth-order valence-electron chi connectivity index (χ4n) is 3.82. The summed E-state index contributed by atoms with van der Waals surface area (Å²) in [5, 5.41) is 4.88. The lowest BCUT2D eigenvalue weighted by Gasteiger charge is -2.18. The van der Waals surface area contributed by atoms with Crippen LogP contribution in [0.3, 0.4) is 0 Å². The van der Waals surface area contributed by atoms with Gasteiger partial charge in [-0.05, 0) is 63.9 Å². The van der Waals surface area contributed by atoms with Crippen LogP contribution in [0.25, 0.3) is 16.9 Å². The molecule has 31 heavy (non-hydrogen) atoms. The van der Waals surface area contributed by atoms with Gasteiger partial charge in [0, 0.05) is 35.6 Å². The number of ether oxygens (including phenoxy) is 1. The van der Waals surface area contributed by atoms with Gasteiger partial charge < -0.3 is 9.64 Å². The molecule has 0 saturated carbocycles. The number of fused-ring (bicyclic) bond motifs is 1. The van der Waals surface area contributed by atoms with Crippen LogP contribution >= 0.6 is 0 Å². The number of carbonyl (C=O) groups is 1. The number of likely N-dealkylation sites (N-methyl/N-ethyl adjacent to an activating group) is 1. The Hall–Kier alpha value is -2.89. The van der Waals surface area contributed by atoms with Crippen molar-refractivity contribution in [2.45, 2.75) is 60.3 Å². The Morgan fingerprint density at radius 1 is 1.06 bits per heavy atom. The first-order valence-electron chi connectivity index (χ1n) is 11.4. The molecule has 2 aromatic heterocycles. The van der Waals surface area contributed by atoms with Crippen LogP contribution < -0.4 is 4.74 Å². The molecule has 0 radical (unpaired) electrons. The normalized spacial score (nSPS) is 11.1. The Balaban J connectivity index is 2.10. The van der Waals surface area contributed by atoms with Crippen LogP contribution in [0.2, 0.25) is 0 Å². The summed E-state index contributed by atoms with van der Waals surface area (Å²) in [6, 6.07) is 10.0. The van der Waals surface area contributed by atoms with Gasteiger partial charge in [0.2, 0.25) is 5.91 Å². The van der Waals surface area contributed by atoms with Crippen molar-refractivity contribution in [3.63, 3.8) is 0 Å². The van der Waals surface area contributed by atoms with Crippen molar-refractivity contribution < 1.29 is 9.53 Å². The first kappa shape index (κ1) is 22.8. The summed E-state index contributed by atoms with van der Waals surface area (Å²) in [4.78, 5) is 19.8. The number of nitrogens with zero attached hydrogens (tertiary/aromatic N) is 4. The molecule has 2 heterocycles. The lowest BCUT2D eigenvalue weighted by Crippen LogP contribution is -2.31. The van der Waals surface area contributed by atoms with Gasteiger partial charge in [0.05, 0.1) is 18.7 Å². The number of rotatable bonds is 10. The van der Waals surface area contributed by atoms with Gasteiger partial charge in [0.15, 0.2) is 5.65 Å². The van der Waals surface area contributed by atoms with E-state index in [1.807, 2.05) is 54.5 Å². The first-order chi connectivity index (χ1) is 15.0.